The van der Waals surface area contributed by atoms with Crippen molar-refractivity contribution in [3.05, 3.63) is 11.6 Å². The number of hydrogen-bond donors (Lipinski definition) is 1. The van der Waals surface area contributed by atoms with Crippen LogP contribution >= 0.6 is 0 Å². The molecular formula is C17H29NO2. The van der Waals surface area contributed by atoms with E-state index in [4.69, 9.17) is 0 Å². The highest BCUT2D eigenvalue weighted by molar-refractivity contribution is 5.84. The maximum Gasteiger partial charge on any atom is 0.227 e. The van der Waals surface area contributed by atoms with Crippen LogP contribution in [0.3, 0.4) is 0 Å². The number of aliphatic hydroxyl groups excluding tert-OH is 1. The molecule has 0 spiro atoms. The molecule has 1 heterocycles. The van der Waals surface area contributed by atoms with Gasteiger partial charge in [0.1, 0.15) is 0 Å². The van der Waals surface area contributed by atoms with Crippen molar-refractivity contribution in [1.29, 1.82) is 0 Å². The molecule has 20 heavy (non-hydrogen) atoms. The molecule has 2 fully saturated rings. The van der Waals surface area contributed by atoms with E-state index >= 15 is 0 Å². The van der Waals surface area contributed by atoms with E-state index in [0.29, 0.717) is 18.2 Å². The zero-order valence-electron chi connectivity index (χ0n) is 13.5. The van der Waals surface area contributed by atoms with Crippen molar-refractivity contribution in [2.45, 2.75) is 66.0 Å². The van der Waals surface area contributed by atoms with Crippen LogP contribution in [0.15, 0.2) is 11.6 Å². The first-order valence-electron chi connectivity index (χ1n) is 7.88. The number of aliphatic hydroxyl groups is 1. The van der Waals surface area contributed by atoms with Gasteiger partial charge in [-0.15, -0.1) is 0 Å². The van der Waals surface area contributed by atoms with Crippen LogP contribution < -0.4 is 0 Å². The van der Waals surface area contributed by atoms with E-state index in [2.05, 4.69) is 33.8 Å². The molecule has 2 rings (SSSR count). The summed E-state index contributed by atoms with van der Waals surface area (Å²) >= 11 is 0. The summed E-state index contributed by atoms with van der Waals surface area (Å²) in [4.78, 5) is 14.9. The number of amides is 1. The summed E-state index contributed by atoms with van der Waals surface area (Å²) in [5, 5.41) is 9.59. The minimum absolute atomic E-state index is 0.0896. The predicted molar refractivity (Wildman–Crippen MR) is 81.2 cm³/mol. The number of rotatable bonds is 4. The monoisotopic (exact) mass is 279 g/mol. The highest BCUT2D eigenvalue weighted by atomic mass is 16.3. The summed E-state index contributed by atoms with van der Waals surface area (Å²) in [6, 6.07) is 0.242. The van der Waals surface area contributed by atoms with Crippen LogP contribution in [0.1, 0.15) is 53.9 Å². The van der Waals surface area contributed by atoms with Gasteiger partial charge in [0, 0.05) is 12.6 Å². The Morgan fingerprint density at radius 2 is 2.10 bits per heavy atom. The van der Waals surface area contributed by atoms with E-state index < -0.39 is 0 Å². The van der Waals surface area contributed by atoms with Crippen LogP contribution in [0, 0.1) is 17.3 Å². The van der Waals surface area contributed by atoms with Crippen LogP contribution in [-0.2, 0) is 4.79 Å². The first-order chi connectivity index (χ1) is 9.25. The maximum absolute atomic E-state index is 12.8. The van der Waals surface area contributed by atoms with Crippen LogP contribution in [0.5, 0.6) is 0 Å². The standard InChI is InChI=1S/C17H29NO2/c1-11(2)9-14-15(17(14,4)5)16(20)18-8-6-7-13(18)10-12(3)19/h9,12-15,19H,6-8,10H2,1-5H3. The number of allylic oxidation sites excluding steroid dienone is 2. The van der Waals surface area contributed by atoms with Gasteiger partial charge in [0.05, 0.1) is 12.0 Å². The molecule has 114 valence electrons. The largest absolute Gasteiger partial charge is 0.393 e. The summed E-state index contributed by atoms with van der Waals surface area (Å²) < 4.78 is 0. The lowest BCUT2D eigenvalue weighted by Gasteiger charge is -2.26. The molecule has 0 aromatic rings. The molecule has 1 amide bonds. The Labute approximate surface area is 123 Å². The molecular weight excluding hydrogens is 250 g/mol. The Bertz CT molecular complexity index is 407. The highest BCUT2D eigenvalue weighted by Crippen LogP contribution is 2.60. The van der Waals surface area contributed by atoms with Crippen molar-refractivity contribution in [2.75, 3.05) is 6.54 Å². The second-order valence-electron chi connectivity index (χ2n) is 7.48. The van der Waals surface area contributed by atoms with Crippen molar-refractivity contribution < 1.29 is 9.90 Å². The number of likely N-dealkylation sites (tertiary alicyclic amines) is 1. The molecule has 4 atom stereocenters. The van der Waals surface area contributed by atoms with Gasteiger partial charge in [0.25, 0.3) is 0 Å². The van der Waals surface area contributed by atoms with Crippen molar-refractivity contribution in [3.8, 4) is 0 Å². The van der Waals surface area contributed by atoms with Gasteiger partial charge in [-0.3, -0.25) is 4.79 Å². The third-order valence-corrected chi connectivity index (χ3v) is 4.96. The van der Waals surface area contributed by atoms with Crippen molar-refractivity contribution >= 4 is 5.91 Å². The third kappa shape index (κ3) is 2.93. The van der Waals surface area contributed by atoms with Crippen LogP contribution in [-0.4, -0.2) is 34.6 Å². The smallest absolute Gasteiger partial charge is 0.227 e. The Kier molecular flexibility index (Phi) is 4.29. The lowest BCUT2D eigenvalue weighted by atomic mass is 10.1. The molecule has 3 heteroatoms. The fourth-order valence-electron chi connectivity index (χ4n) is 3.76. The Morgan fingerprint density at radius 1 is 1.45 bits per heavy atom. The lowest BCUT2D eigenvalue weighted by molar-refractivity contribution is -0.134. The molecule has 0 aromatic heterocycles. The van der Waals surface area contributed by atoms with E-state index in [0.717, 1.165) is 19.4 Å². The normalized spacial score (nSPS) is 32.9. The fourth-order valence-corrected chi connectivity index (χ4v) is 3.76. The van der Waals surface area contributed by atoms with E-state index in [9.17, 15) is 9.90 Å². The summed E-state index contributed by atoms with van der Waals surface area (Å²) in [7, 11) is 0. The second-order valence-corrected chi connectivity index (χ2v) is 7.48. The topological polar surface area (TPSA) is 40.5 Å². The first-order valence-corrected chi connectivity index (χ1v) is 7.88. The van der Waals surface area contributed by atoms with Gasteiger partial charge in [0.2, 0.25) is 5.91 Å². The quantitative estimate of drug-likeness (QED) is 0.804. The van der Waals surface area contributed by atoms with Crippen LogP contribution in [0.4, 0.5) is 0 Å². The molecule has 4 unspecified atom stereocenters. The van der Waals surface area contributed by atoms with Gasteiger partial charge in [-0.05, 0) is 51.4 Å². The van der Waals surface area contributed by atoms with Crippen molar-refractivity contribution in [3.63, 3.8) is 0 Å². The zero-order chi connectivity index (χ0) is 15.1. The van der Waals surface area contributed by atoms with Crippen molar-refractivity contribution in [2.24, 2.45) is 17.3 Å². The minimum atomic E-state index is -0.325. The van der Waals surface area contributed by atoms with Gasteiger partial charge in [-0.25, -0.2) is 0 Å². The second kappa shape index (κ2) is 5.51. The maximum atomic E-state index is 12.8. The lowest BCUT2D eigenvalue weighted by Crippen LogP contribution is -2.39. The molecule has 1 aliphatic heterocycles. The Morgan fingerprint density at radius 3 is 2.65 bits per heavy atom. The molecule has 0 radical (unpaired) electrons. The SMILES string of the molecule is CC(C)=CC1C(C(=O)N2CCCC2CC(C)O)C1(C)C. The average molecular weight is 279 g/mol. The van der Waals surface area contributed by atoms with Gasteiger partial charge < -0.3 is 10.0 Å². The molecule has 1 aliphatic carbocycles. The minimum Gasteiger partial charge on any atom is -0.393 e. The fraction of sp³-hybridized carbons (Fsp3) is 0.824. The van der Waals surface area contributed by atoms with Crippen molar-refractivity contribution in [1.82, 2.24) is 4.90 Å². The van der Waals surface area contributed by atoms with Crippen LogP contribution in [0.2, 0.25) is 0 Å². The number of carbonyl (C=O) groups is 1. The predicted octanol–water partition coefficient (Wildman–Crippen LogP) is 2.99. The van der Waals surface area contributed by atoms with Gasteiger partial charge in [-0.1, -0.05) is 25.5 Å². The zero-order valence-corrected chi connectivity index (χ0v) is 13.5. The summed E-state index contributed by atoms with van der Waals surface area (Å²) in [6.45, 7) is 11.3. The molecule has 0 bridgehead atoms. The van der Waals surface area contributed by atoms with Gasteiger partial charge in [0.15, 0.2) is 0 Å². The number of nitrogens with zero attached hydrogens (tertiary/aromatic N) is 1. The Balaban J connectivity index is 2.06. The van der Waals surface area contributed by atoms with Gasteiger partial charge >= 0.3 is 0 Å². The Hall–Kier alpha value is -0.830. The number of hydrogen-bond acceptors (Lipinski definition) is 2. The molecule has 1 saturated heterocycles. The van der Waals surface area contributed by atoms with E-state index in [-0.39, 0.29) is 23.5 Å². The third-order valence-electron chi connectivity index (χ3n) is 4.96. The van der Waals surface area contributed by atoms with E-state index in [1.807, 2.05) is 11.8 Å². The van der Waals surface area contributed by atoms with E-state index in [1.165, 1.54) is 5.57 Å². The average Bonchev–Trinajstić information content (AvgIpc) is 2.69. The molecule has 1 saturated carbocycles. The molecule has 3 nitrogen and oxygen atoms in total. The summed E-state index contributed by atoms with van der Waals surface area (Å²) in [5.41, 5.74) is 1.38. The van der Waals surface area contributed by atoms with Gasteiger partial charge in [-0.2, -0.15) is 0 Å². The number of carbonyl (C=O) groups excluding carboxylic acids is 1. The highest BCUT2D eigenvalue weighted by Gasteiger charge is 2.61. The molecule has 1 N–H and O–H groups in total. The molecule has 0 aromatic carbocycles. The van der Waals surface area contributed by atoms with E-state index in [1.54, 1.807) is 0 Å². The molecule has 2 aliphatic rings. The van der Waals surface area contributed by atoms with Crippen LogP contribution in [0.25, 0.3) is 0 Å². The summed E-state index contributed by atoms with van der Waals surface area (Å²) in [5.74, 6) is 0.820. The first kappa shape index (κ1) is 15.6. The summed E-state index contributed by atoms with van der Waals surface area (Å²) in [6.07, 6.45) is 4.75.